The summed E-state index contributed by atoms with van der Waals surface area (Å²) in [7, 11) is 0. The summed E-state index contributed by atoms with van der Waals surface area (Å²) in [6.07, 6.45) is 5.50. The van der Waals surface area contributed by atoms with E-state index >= 15 is 0 Å². The molecule has 1 aromatic heterocycles. The number of aromatic nitrogens is 2. The molecule has 0 fully saturated rings. The fourth-order valence-electron chi connectivity index (χ4n) is 4.16. The van der Waals surface area contributed by atoms with Gasteiger partial charge in [-0.25, -0.2) is 9.78 Å². The van der Waals surface area contributed by atoms with E-state index in [1.807, 2.05) is 42.7 Å². The van der Waals surface area contributed by atoms with E-state index in [4.69, 9.17) is 5.73 Å². The summed E-state index contributed by atoms with van der Waals surface area (Å²) >= 11 is 1.51. The number of H-pyrrole nitrogens is 1. The van der Waals surface area contributed by atoms with Crippen LogP contribution in [0.5, 0.6) is 0 Å². The Balaban J connectivity index is 1.74. The molecule has 0 spiro atoms. The van der Waals surface area contributed by atoms with Crippen LogP contribution in [0.2, 0.25) is 0 Å². The van der Waals surface area contributed by atoms with Crippen LogP contribution in [-0.2, 0) is 38.4 Å². The Morgan fingerprint density at radius 3 is 1.95 bits per heavy atom. The van der Waals surface area contributed by atoms with E-state index in [0.29, 0.717) is 24.3 Å². The molecule has 41 heavy (non-hydrogen) atoms. The second kappa shape index (κ2) is 16.2. The van der Waals surface area contributed by atoms with Gasteiger partial charge < -0.3 is 31.8 Å². The first-order chi connectivity index (χ1) is 19.8. The molecule has 1 heterocycles. The highest BCUT2D eigenvalue weighted by molar-refractivity contribution is 7.98. The number of amides is 3. The zero-order chi connectivity index (χ0) is 29.6. The Morgan fingerprint density at radius 1 is 0.829 bits per heavy atom. The summed E-state index contributed by atoms with van der Waals surface area (Å²) in [5, 5.41) is 17.7. The number of carboxylic acids is 1. The van der Waals surface area contributed by atoms with Gasteiger partial charge in [-0.15, -0.1) is 0 Å². The van der Waals surface area contributed by atoms with E-state index in [0.717, 1.165) is 11.1 Å². The first-order valence-electron chi connectivity index (χ1n) is 13.2. The molecule has 4 unspecified atom stereocenters. The van der Waals surface area contributed by atoms with Gasteiger partial charge in [0.15, 0.2) is 0 Å². The molecular weight excluding hydrogens is 544 g/mol. The van der Waals surface area contributed by atoms with Gasteiger partial charge in [-0.05, 0) is 36.0 Å². The highest BCUT2D eigenvalue weighted by Gasteiger charge is 2.30. The van der Waals surface area contributed by atoms with Gasteiger partial charge in [0.05, 0.1) is 12.4 Å². The third-order valence-electron chi connectivity index (χ3n) is 6.39. The quantitative estimate of drug-likeness (QED) is 0.146. The molecular formula is C29H36N6O5S. The van der Waals surface area contributed by atoms with Crippen molar-refractivity contribution in [3.8, 4) is 0 Å². The molecule has 0 saturated carbocycles. The molecule has 7 N–H and O–H groups in total. The number of imidazole rings is 1. The minimum absolute atomic E-state index is 0.0151. The Morgan fingerprint density at radius 2 is 1.39 bits per heavy atom. The van der Waals surface area contributed by atoms with Crippen molar-refractivity contribution in [1.29, 1.82) is 0 Å². The number of aliphatic carboxylic acids is 1. The molecule has 4 atom stereocenters. The number of hydrogen-bond donors (Lipinski definition) is 6. The molecule has 0 aliphatic carbocycles. The minimum atomic E-state index is -1.25. The summed E-state index contributed by atoms with van der Waals surface area (Å²) in [5.41, 5.74) is 8.33. The maximum absolute atomic E-state index is 13.5. The van der Waals surface area contributed by atoms with Crippen molar-refractivity contribution in [3.63, 3.8) is 0 Å². The third kappa shape index (κ3) is 10.4. The number of carbonyl (C=O) groups is 4. The van der Waals surface area contributed by atoms with Crippen LogP contribution >= 0.6 is 11.8 Å². The Bertz CT molecular complexity index is 1260. The number of hydrogen-bond acceptors (Lipinski definition) is 7. The summed E-state index contributed by atoms with van der Waals surface area (Å²) in [4.78, 5) is 58.4. The minimum Gasteiger partial charge on any atom is -0.480 e. The summed E-state index contributed by atoms with van der Waals surface area (Å²) in [5.74, 6) is -2.35. The lowest BCUT2D eigenvalue weighted by Gasteiger charge is -2.25. The van der Waals surface area contributed by atoms with Crippen LogP contribution in [0, 0.1) is 0 Å². The monoisotopic (exact) mass is 580 g/mol. The van der Waals surface area contributed by atoms with Gasteiger partial charge in [-0.2, -0.15) is 11.8 Å². The number of benzene rings is 2. The molecule has 3 amide bonds. The van der Waals surface area contributed by atoms with E-state index in [1.165, 1.54) is 24.3 Å². The van der Waals surface area contributed by atoms with Crippen molar-refractivity contribution < 1.29 is 24.3 Å². The lowest BCUT2D eigenvalue weighted by atomic mass is 10.0. The van der Waals surface area contributed by atoms with Crippen LogP contribution in [0.4, 0.5) is 0 Å². The normalized spacial score (nSPS) is 13.8. The van der Waals surface area contributed by atoms with Crippen molar-refractivity contribution in [2.75, 3.05) is 12.0 Å². The topological polar surface area (TPSA) is 179 Å². The molecule has 218 valence electrons. The van der Waals surface area contributed by atoms with Gasteiger partial charge in [0.1, 0.15) is 18.1 Å². The molecule has 0 bridgehead atoms. The van der Waals surface area contributed by atoms with Crippen molar-refractivity contribution >= 4 is 35.5 Å². The first-order valence-corrected chi connectivity index (χ1v) is 14.6. The van der Waals surface area contributed by atoms with Crippen LogP contribution in [-0.4, -0.2) is 74.9 Å². The van der Waals surface area contributed by atoms with Gasteiger partial charge in [-0.1, -0.05) is 60.7 Å². The fourth-order valence-corrected chi connectivity index (χ4v) is 4.64. The van der Waals surface area contributed by atoms with Crippen LogP contribution in [0.1, 0.15) is 23.2 Å². The highest BCUT2D eigenvalue weighted by Crippen LogP contribution is 2.09. The van der Waals surface area contributed by atoms with E-state index in [9.17, 15) is 24.3 Å². The van der Waals surface area contributed by atoms with Crippen molar-refractivity contribution in [3.05, 3.63) is 90.0 Å². The number of rotatable bonds is 16. The molecule has 0 aliphatic rings. The molecule has 0 aliphatic heterocycles. The highest BCUT2D eigenvalue weighted by atomic mass is 32.2. The van der Waals surface area contributed by atoms with Gasteiger partial charge in [0, 0.05) is 24.7 Å². The van der Waals surface area contributed by atoms with Crippen LogP contribution in [0.15, 0.2) is 73.2 Å². The molecule has 0 saturated heterocycles. The van der Waals surface area contributed by atoms with E-state index in [-0.39, 0.29) is 12.8 Å². The second-order valence-corrected chi connectivity index (χ2v) is 10.6. The predicted octanol–water partition coefficient (Wildman–Crippen LogP) is 1.06. The number of nitrogens with zero attached hydrogens (tertiary/aromatic N) is 1. The molecule has 2 aromatic carbocycles. The molecule has 11 nitrogen and oxygen atoms in total. The predicted molar refractivity (Wildman–Crippen MR) is 157 cm³/mol. The lowest BCUT2D eigenvalue weighted by molar-refractivity contribution is -0.142. The number of carbonyl (C=O) groups excluding carboxylic acids is 3. The van der Waals surface area contributed by atoms with Crippen molar-refractivity contribution in [2.45, 2.75) is 49.9 Å². The van der Waals surface area contributed by atoms with Crippen LogP contribution < -0.4 is 21.7 Å². The molecule has 0 radical (unpaired) electrons. The second-order valence-electron chi connectivity index (χ2n) is 9.57. The van der Waals surface area contributed by atoms with Gasteiger partial charge in [-0.3, -0.25) is 14.4 Å². The summed E-state index contributed by atoms with van der Waals surface area (Å²) in [6.45, 7) is 0. The first kappa shape index (κ1) is 31.4. The average molecular weight is 581 g/mol. The third-order valence-corrected chi connectivity index (χ3v) is 7.03. The zero-order valence-electron chi connectivity index (χ0n) is 22.8. The van der Waals surface area contributed by atoms with E-state index in [1.54, 1.807) is 24.3 Å². The maximum atomic E-state index is 13.5. The standard InChI is InChI=1S/C29H36N6O5S/c1-41-13-12-23(33-26(36)22(30)14-19-8-4-2-5-9-19)27(37)34-24(15-20-10-6-3-7-11-20)28(38)35-25(29(39)40)16-21-17-31-18-32-21/h2-11,17-18,22-25H,12-16,30H2,1H3,(H,31,32)(H,33,36)(H,34,37)(H,35,38)(H,39,40). The smallest absolute Gasteiger partial charge is 0.326 e. The van der Waals surface area contributed by atoms with Gasteiger partial charge in [0.2, 0.25) is 17.7 Å². The Hall–Kier alpha value is -4.16. The zero-order valence-corrected chi connectivity index (χ0v) is 23.6. The molecule has 3 rings (SSSR count). The number of aromatic amines is 1. The fraction of sp³-hybridized carbons (Fsp3) is 0.345. The summed E-state index contributed by atoms with van der Waals surface area (Å²) in [6, 6.07) is 14.2. The van der Waals surface area contributed by atoms with Crippen LogP contribution in [0.25, 0.3) is 0 Å². The van der Waals surface area contributed by atoms with Crippen molar-refractivity contribution in [2.24, 2.45) is 5.73 Å². The van der Waals surface area contributed by atoms with Crippen molar-refractivity contribution in [1.82, 2.24) is 25.9 Å². The number of nitrogens with one attached hydrogen (secondary N) is 4. The maximum Gasteiger partial charge on any atom is 0.326 e. The average Bonchev–Trinajstić information content (AvgIpc) is 3.48. The largest absolute Gasteiger partial charge is 0.480 e. The van der Waals surface area contributed by atoms with E-state index in [2.05, 4.69) is 25.9 Å². The molecule has 3 aromatic rings. The Labute approximate surface area is 243 Å². The van der Waals surface area contributed by atoms with Gasteiger partial charge >= 0.3 is 5.97 Å². The SMILES string of the molecule is CSCCC(NC(=O)C(N)Cc1ccccc1)C(=O)NC(Cc1ccccc1)C(=O)NC(Cc1cnc[nH]1)C(=O)O. The van der Waals surface area contributed by atoms with Gasteiger partial charge in [0.25, 0.3) is 0 Å². The summed E-state index contributed by atoms with van der Waals surface area (Å²) < 4.78 is 0. The van der Waals surface area contributed by atoms with Crippen LogP contribution in [0.3, 0.4) is 0 Å². The van der Waals surface area contributed by atoms with E-state index < -0.39 is 47.9 Å². The molecule has 12 heteroatoms. The lowest BCUT2D eigenvalue weighted by Crippen LogP contribution is -2.58. The number of carboxylic acid groups (broad SMARTS) is 1. The Kier molecular flexibility index (Phi) is 12.4. The number of thioether (sulfide) groups is 1. The number of nitrogens with two attached hydrogens (primary N) is 1.